The minimum atomic E-state index is -1.17. The van der Waals surface area contributed by atoms with Crippen LogP contribution in [0.25, 0.3) is 6.08 Å². The van der Waals surface area contributed by atoms with Gasteiger partial charge in [0.2, 0.25) is 0 Å². The van der Waals surface area contributed by atoms with Crippen LogP contribution in [0.15, 0.2) is 41.3 Å². The lowest BCUT2D eigenvalue weighted by Gasteiger charge is -2.13. The van der Waals surface area contributed by atoms with Crippen LogP contribution in [-0.4, -0.2) is 54.0 Å². The molecule has 1 aliphatic rings. The SMILES string of the molecule is COc1cc(/C=C2\SC(=O)N(CCOc3ccc(Cl)cc3)C2=O)cc(Cl)c1OCC(=O)O. The summed E-state index contributed by atoms with van der Waals surface area (Å²) < 4.78 is 15.9. The number of carbonyl (C=O) groups is 3. The molecule has 1 heterocycles. The molecule has 1 fully saturated rings. The van der Waals surface area contributed by atoms with Gasteiger partial charge in [-0.25, -0.2) is 4.79 Å². The second-order valence-electron chi connectivity index (χ2n) is 6.35. The van der Waals surface area contributed by atoms with Crippen LogP contribution in [-0.2, 0) is 9.59 Å². The maximum Gasteiger partial charge on any atom is 0.341 e. The van der Waals surface area contributed by atoms with Crippen LogP contribution < -0.4 is 14.2 Å². The van der Waals surface area contributed by atoms with Gasteiger partial charge in [-0.15, -0.1) is 0 Å². The second kappa shape index (κ2) is 10.6. The highest BCUT2D eigenvalue weighted by atomic mass is 35.5. The predicted molar refractivity (Wildman–Crippen MR) is 121 cm³/mol. The summed E-state index contributed by atoms with van der Waals surface area (Å²) in [4.78, 5) is 37.0. The fraction of sp³-hybridized carbons (Fsp3) is 0.190. The Morgan fingerprint density at radius 1 is 1.16 bits per heavy atom. The molecule has 2 amide bonds. The summed E-state index contributed by atoms with van der Waals surface area (Å²) in [5.74, 6) is -0.785. The van der Waals surface area contributed by atoms with Gasteiger partial charge in [0.05, 0.1) is 23.6 Å². The Labute approximate surface area is 197 Å². The number of carboxylic acids is 1. The van der Waals surface area contributed by atoms with E-state index >= 15 is 0 Å². The Bertz CT molecular complexity index is 1070. The largest absolute Gasteiger partial charge is 0.493 e. The zero-order valence-electron chi connectivity index (χ0n) is 16.7. The third kappa shape index (κ3) is 5.87. The van der Waals surface area contributed by atoms with Crippen LogP contribution in [0, 0.1) is 0 Å². The number of nitrogens with zero attached hydrogens (tertiary/aromatic N) is 1. The summed E-state index contributed by atoms with van der Waals surface area (Å²) >= 11 is 12.8. The van der Waals surface area contributed by atoms with E-state index in [0.29, 0.717) is 16.3 Å². The first kappa shape index (κ1) is 23.8. The number of imide groups is 1. The van der Waals surface area contributed by atoms with Crippen molar-refractivity contribution in [3.8, 4) is 17.2 Å². The number of thioether (sulfide) groups is 1. The van der Waals surface area contributed by atoms with E-state index in [1.807, 2.05) is 0 Å². The van der Waals surface area contributed by atoms with Crippen molar-refractivity contribution < 1.29 is 33.7 Å². The number of carbonyl (C=O) groups excluding carboxylic acids is 2. The monoisotopic (exact) mass is 497 g/mol. The van der Waals surface area contributed by atoms with Crippen molar-refractivity contribution in [3.05, 3.63) is 56.9 Å². The van der Waals surface area contributed by atoms with Gasteiger partial charge in [0.25, 0.3) is 11.1 Å². The van der Waals surface area contributed by atoms with Gasteiger partial charge in [-0.3, -0.25) is 14.5 Å². The Hall–Kier alpha value is -2.88. The third-order valence-corrected chi connectivity index (χ3v) is 5.60. The molecule has 0 bridgehead atoms. The topological polar surface area (TPSA) is 102 Å². The van der Waals surface area contributed by atoms with Gasteiger partial charge in [0.15, 0.2) is 18.1 Å². The summed E-state index contributed by atoms with van der Waals surface area (Å²) in [5, 5.41) is 9.04. The molecule has 3 rings (SSSR count). The average Bonchev–Trinajstić information content (AvgIpc) is 3.01. The summed E-state index contributed by atoms with van der Waals surface area (Å²) in [5.41, 5.74) is 0.484. The Morgan fingerprint density at radius 3 is 2.53 bits per heavy atom. The van der Waals surface area contributed by atoms with Gasteiger partial charge >= 0.3 is 5.97 Å². The van der Waals surface area contributed by atoms with E-state index in [4.69, 9.17) is 42.5 Å². The maximum absolute atomic E-state index is 12.7. The molecule has 2 aromatic carbocycles. The molecule has 1 N–H and O–H groups in total. The number of hydrogen-bond acceptors (Lipinski definition) is 7. The van der Waals surface area contributed by atoms with E-state index in [9.17, 15) is 14.4 Å². The van der Waals surface area contributed by atoms with Crippen LogP contribution >= 0.6 is 35.0 Å². The Balaban J connectivity index is 1.70. The number of carboxylic acid groups (broad SMARTS) is 1. The normalized spacial score (nSPS) is 14.7. The number of ether oxygens (including phenoxy) is 3. The molecule has 0 aromatic heterocycles. The molecule has 0 saturated carbocycles. The first-order valence-corrected chi connectivity index (χ1v) is 10.7. The van der Waals surface area contributed by atoms with Crippen molar-refractivity contribution >= 4 is 58.2 Å². The lowest BCUT2D eigenvalue weighted by atomic mass is 10.1. The molecule has 32 heavy (non-hydrogen) atoms. The lowest BCUT2D eigenvalue weighted by Crippen LogP contribution is -2.32. The van der Waals surface area contributed by atoms with Crippen LogP contribution in [0.5, 0.6) is 17.2 Å². The number of rotatable bonds is 9. The first-order valence-electron chi connectivity index (χ1n) is 9.14. The molecule has 0 spiro atoms. The molecule has 0 unspecified atom stereocenters. The van der Waals surface area contributed by atoms with Crippen molar-refractivity contribution in [1.82, 2.24) is 4.90 Å². The summed E-state index contributed by atoms with van der Waals surface area (Å²) in [6.07, 6.45) is 1.50. The molecule has 8 nitrogen and oxygen atoms in total. The van der Waals surface area contributed by atoms with E-state index in [1.54, 1.807) is 24.3 Å². The standard InChI is InChI=1S/C21H17Cl2NO7S/c1-29-16-9-12(8-15(23)19(16)31-11-18(25)26)10-17-20(27)24(21(28)32-17)6-7-30-14-4-2-13(22)3-5-14/h2-5,8-10H,6-7,11H2,1H3,(H,25,26)/b17-10-. The maximum atomic E-state index is 12.7. The van der Waals surface area contributed by atoms with Gasteiger partial charge in [0, 0.05) is 5.02 Å². The molecule has 2 aromatic rings. The highest BCUT2D eigenvalue weighted by Crippen LogP contribution is 2.39. The van der Waals surface area contributed by atoms with Crippen molar-refractivity contribution in [2.45, 2.75) is 0 Å². The van der Waals surface area contributed by atoms with Gasteiger partial charge in [-0.2, -0.15) is 0 Å². The third-order valence-electron chi connectivity index (χ3n) is 4.16. The van der Waals surface area contributed by atoms with Gasteiger partial charge in [-0.05, 0) is 59.8 Å². The summed E-state index contributed by atoms with van der Waals surface area (Å²) in [6.45, 7) is -0.384. The van der Waals surface area contributed by atoms with E-state index in [1.165, 1.54) is 25.3 Å². The highest BCUT2D eigenvalue weighted by molar-refractivity contribution is 8.18. The molecule has 1 aliphatic heterocycles. The molecule has 0 atom stereocenters. The molecule has 1 saturated heterocycles. The summed E-state index contributed by atoms with van der Waals surface area (Å²) in [7, 11) is 1.37. The van der Waals surface area contributed by atoms with Crippen molar-refractivity contribution in [2.75, 3.05) is 26.9 Å². The first-order chi connectivity index (χ1) is 15.3. The minimum absolute atomic E-state index is 0.0705. The van der Waals surface area contributed by atoms with Crippen molar-refractivity contribution in [3.63, 3.8) is 0 Å². The van der Waals surface area contributed by atoms with E-state index < -0.39 is 23.7 Å². The molecule has 11 heteroatoms. The highest BCUT2D eigenvalue weighted by Gasteiger charge is 2.35. The molecule has 0 aliphatic carbocycles. The smallest absolute Gasteiger partial charge is 0.341 e. The van der Waals surface area contributed by atoms with Crippen LogP contribution in [0.2, 0.25) is 10.0 Å². The number of halogens is 2. The van der Waals surface area contributed by atoms with Crippen molar-refractivity contribution in [1.29, 1.82) is 0 Å². The predicted octanol–water partition coefficient (Wildman–Crippen LogP) is 4.58. The van der Waals surface area contributed by atoms with Crippen LogP contribution in [0.1, 0.15) is 5.56 Å². The average molecular weight is 498 g/mol. The van der Waals surface area contributed by atoms with Crippen molar-refractivity contribution in [2.24, 2.45) is 0 Å². The lowest BCUT2D eigenvalue weighted by molar-refractivity contribution is -0.139. The molecule has 0 radical (unpaired) electrons. The fourth-order valence-corrected chi connectivity index (χ4v) is 3.99. The number of hydrogen-bond donors (Lipinski definition) is 1. The van der Waals surface area contributed by atoms with Gasteiger partial charge < -0.3 is 19.3 Å². The molecular weight excluding hydrogens is 481 g/mol. The summed E-state index contributed by atoms with van der Waals surface area (Å²) in [6, 6.07) is 9.75. The minimum Gasteiger partial charge on any atom is -0.493 e. The van der Waals surface area contributed by atoms with Gasteiger partial charge in [0.1, 0.15) is 12.4 Å². The quantitative estimate of drug-likeness (QED) is 0.502. The molecular formula is C21H17Cl2NO7S. The Kier molecular flexibility index (Phi) is 7.89. The van der Waals surface area contributed by atoms with E-state index in [-0.39, 0.29) is 34.6 Å². The Morgan fingerprint density at radius 2 is 1.88 bits per heavy atom. The zero-order chi connectivity index (χ0) is 23.3. The van der Waals surface area contributed by atoms with Crippen LogP contribution in [0.3, 0.4) is 0 Å². The number of amides is 2. The van der Waals surface area contributed by atoms with Crippen LogP contribution in [0.4, 0.5) is 4.79 Å². The van der Waals surface area contributed by atoms with E-state index in [2.05, 4.69) is 0 Å². The number of aliphatic carboxylic acids is 1. The van der Waals surface area contributed by atoms with Gasteiger partial charge in [-0.1, -0.05) is 23.2 Å². The second-order valence-corrected chi connectivity index (χ2v) is 8.19. The fourth-order valence-electron chi connectivity index (χ4n) is 2.73. The van der Waals surface area contributed by atoms with E-state index in [0.717, 1.165) is 16.7 Å². The zero-order valence-corrected chi connectivity index (χ0v) is 19.0. The number of methoxy groups -OCH3 is 1. The molecule has 168 valence electrons. The number of benzene rings is 2.